The lowest BCUT2D eigenvalue weighted by Gasteiger charge is -2.18. The van der Waals surface area contributed by atoms with E-state index in [2.05, 4.69) is 22.1 Å². The SMILES string of the molecule is CCCc1c(Cc2ccnn2C2=NC=CCC2C=N)ncn2nc(COCC)nc12. The molecule has 1 atom stereocenters. The van der Waals surface area contributed by atoms with Crippen LogP contribution in [0.4, 0.5) is 0 Å². The van der Waals surface area contributed by atoms with Crippen LogP contribution in [0, 0.1) is 11.3 Å². The summed E-state index contributed by atoms with van der Waals surface area (Å²) in [7, 11) is 0. The average molecular weight is 406 g/mol. The van der Waals surface area contributed by atoms with Crippen molar-refractivity contribution in [2.75, 3.05) is 6.61 Å². The van der Waals surface area contributed by atoms with Gasteiger partial charge in [-0.05, 0) is 25.8 Å². The van der Waals surface area contributed by atoms with E-state index >= 15 is 0 Å². The molecule has 9 nitrogen and oxygen atoms in total. The van der Waals surface area contributed by atoms with Gasteiger partial charge in [0.15, 0.2) is 11.5 Å². The number of ether oxygens (including phenoxy) is 1. The number of hydrogen-bond acceptors (Lipinski definition) is 7. The van der Waals surface area contributed by atoms with Crippen molar-refractivity contribution in [1.29, 1.82) is 5.41 Å². The molecule has 0 spiro atoms. The van der Waals surface area contributed by atoms with Gasteiger partial charge in [0.05, 0.1) is 17.3 Å². The van der Waals surface area contributed by atoms with Crippen molar-refractivity contribution in [1.82, 2.24) is 29.4 Å². The number of rotatable bonds is 8. The van der Waals surface area contributed by atoms with Gasteiger partial charge in [-0.3, -0.25) is 0 Å². The molecule has 3 aromatic heterocycles. The third-order valence-corrected chi connectivity index (χ3v) is 5.07. The summed E-state index contributed by atoms with van der Waals surface area (Å²) in [6.07, 6.45) is 11.9. The zero-order valence-electron chi connectivity index (χ0n) is 17.3. The van der Waals surface area contributed by atoms with Crippen molar-refractivity contribution >= 4 is 17.7 Å². The number of nitrogens with one attached hydrogen (secondary N) is 1. The van der Waals surface area contributed by atoms with Crippen LogP contribution in [0.1, 0.15) is 49.5 Å². The van der Waals surface area contributed by atoms with Gasteiger partial charge in [-0.25, -0.2) is 24.2 Å². The van der Waals surface area contributed by atoms with E-state index in [1.54, 1.807) is 23.2 Å². The lowest BCUT2D eigenvalue weighted by molar-refractivity contribution is 0.128. The Labute approximate surface area is 175 Å². The Morgan fingerprint density at radius 3 is 3.03 bits per heavy atom. The maximum absolute atomic E-state index is 7.73. The van der Waals surface area contributed by atoms with Crippen LogP contribution < -0.4 is 0 Å². The predicted octanol–water partition coefficient (Wildman–Crippen LogP) is 2.83. The smallest absolute Gasteiger partial charge is 0.177 e. The Bertz CT molecular complexity index is 1090. The fourth-order valence-corrected chi connectivity index (χ4v) is 3.63. The highest BCUT2D eigenvalue weighted by atomic mass is 16.5. The largest absolute Gasteiger partial charge is 0.374 e. The van der Waals surface area contributed by atoms with Gasteiger partial charge in [0.2, 0.25) is 0 Å². The van der Waals surface area contributed by atoms with E-state index in [-0.39, 0.29) is 5.92 Å². The molecule has 1 aliphatic rings. The number of allylic oxidation sites excluding steroid dienone is 1. The van der Waals surface area contributed by atoms with E-state index in [0.717, 1.165) is 47.7 Å². The summed E-state index contributed by atoms with van der Waals surface area (Å²) in [5.74, 6) is 1.36. The predicted molar refractivity (Wildman–Crippen MR) is 114 cm³/mol. The third-order valence-electron chi connectivity index (χ3n) is 5.07. The molecule has 0 bridgehead atoms. The first-order chi connectivity index (χ1) is 14.7. The first-order valence-electron chi connectivity index (χ1n) is 10.3. The van der Waals surface area contributed by atoms with Gasteiger partial charge in [0, 0.05) is 37.2 Å². The molecule has 1 N–H and O–H groups in total. The Morgan fingerprint density at radius 2 is 2.23 bits per heavy atom. The maximum Gasteiger partial charge on any atom is 0.177 e. The Hall–Kier alpha value is -3.20. The quantitative estimate of drug-likeness (QED) is 0.579. The lowest BCUT2D eigenvalue weighted by atomic mass is 10.0. The van der Waals surface area contributed by atoms with Crippen LogP contribution in [0.3, 0.4) is 0 Å². The first kappa shape index (κ1) is 20.1. The van der Waals surface area contributed by atoms with E-state index in [0.29, 0.717) is 25.5 Å². The molecule has 3 aromatic rings. The highest BCUT2D eigenvalue weighted by molar-refractivity contribution is 5.98. The van der Waals surface area contributed by atoms with E-state index in [1.807, 2.05) is 23.7 Å². The average Bonchev–Trinajstić information content (AvgIpc) is 3.40. The summed E-state index contributed by atoms with van der Waals surface area (Å²) in [6.45, 7) is 5.12. The molecule has 1 aliphatic heterocycles. The number of hydrogen-bond donors (Lipinski definition) is 1. The number of nitrogens with zero attached hydrogens (tertiary/aromatic N) is 7. The van der Waals surface area contributed by atoms with Gasteiger partial charge < -0.3 is 10.1 Å². The van der Waals surface area contributed by atoms with Crippen molar-refractivity contribution in [2.24, 2.45) is 10.9 Å². The van der Waals surface area contributed by atoms with Crippen molar-refractivity contribution in [3.8, 4) is 0 Å². The summed E-state index contributed by atoms with van der Waals surface area (Å²) >= 11 is 0. The van der Waals surface area contributed by atoms with Crippen LogP contribution in [0.15, 0.2) is 35.9 Å². The monoisotopic (exact) mass is 406 g/mol. The molecule has 0 fully saturated rings. The molecule has 0 saturated carbocycles. The number of aryl methyl sites for hydroxylation is 1. The Kier molecular flexibility index (Phi) is 6.08. The zero-order valence-corrected chi connectivity index (χ0v) is 17.3. The van der Waals surface area contributed by atoms with Crippen LogP contribution >= 0.6 is 0 Å². The molecule has 0 saturated heterocycles. The maximum atomic E-state index is 7.73. The van der Waals surface area contributed by atoms with Crippen molar-refractivity contribution in [2.45, 2.75) is 46.1 Å². The minimum atomic E-state index is -0.0724. The molecule has 9 heteroatoms. The molecule has 4 heterocycles. The number of fused-ring (bicyclic) bond motifs is 1. The van der Waals surface area contributed by atoms with Crippen LogP contribution in [-0.4, -0.2) is 48.0 Å². The minimum Gasteiger partial charge on any atom is -0.374 e. The van der Waals surface area contributed by atoms with Crippen molar-refractivity contribution in [3.63, 3.8) is 0 Å². The summed E-state index contributed by atoms with van der Waals surface area (Å²) in [6, 6.07) is 1.98. The molecule has 30 heavy (non-hydrogen) atoms. The Morgan fingerprint density at radius 1 is 1.33 bits per heavy atom. The summed E-state index contributed by atoms with van der Waals surface area (Å²) in [4.78, 5) is 13.9. The first-order valence-corrected chi connectivity index (χ1v) is 10.3. The second kappa shape index (κ2) is 9.08. The van der Waals surface area contributed by atoms with Crippen molar-refractivity contribution in [3.05, 3.63) is 53.6 Å². The van der Waals surface area contributed by atoms with Gasteiger partial charge >= 0.3 is 0 Å². The van der Waals surface area contributed by atoms with Crippen molar-refractivity contribution < 1.29 is 4.74 Å². The minimum absolute atomic E-state index is 0.0724. The standard InChI is InChI=1S/C21H26N8O/c1-3-6-17-18(24-14-28-21(17)26-19(27-28)13-30-4-2)11-16-8-10-25-29(16)20-15(12-22)7-5-9-23-20/h5,8-10,12,14-15,22H,3-4,6-7,11,13H2,1-2H3. The van der Waals surface area contributed by atoms with E-state index in [4.69, 9.17) is 20.1 Å². The van der Waals surface area contributed by atoms with Gasteiger partial charge in [-0.1, -0.05) is 19.4 Å². The van der Waals surface area contributed by atoms with E-state index < -0.39 is 0 Å². The fraction of sp³-hybridized carbons (Fsp3) is 0.429. The van der Waals surface area contributed by atoms with E-state index in [9.17, 15) is 0 Å². The van der Waals surface area contributed by atoms with Crippen LogP contribution in [0.25, 0.3) is 5.65 Å². The van der Waals surface area contributed by atoms with Gasteiger partial charge in [0.25, 0.3) is 0 Å². The molecule has 156 valence electrons. The second-order valence-electron chi connectivity index (χ2n) is 7.15. The summed E-state index contributed by atoms with van der Waals surface area (Å²) in [5, 5.41) is 16.7. The molecule has 0 aromatic carbocycles. The summed E-state index contributed by atoms with van der Waals surface area (Å²) < 4.78 is 9.04. The van der Waals surface area contributed by atoms with Crippen LogP contribution in [0.5, 0.6) is 0 Å². The molecular formula is C21H26N8O. The van der Waals surface area contributed by atoms with E-state index in [1.165, 1.54) is 6.21 Å². The topological polar surface area (TPSA) is 106 Å². The molecule has 4 rings (SSSR count). The lowest BCUT2D eigenvalue weighted by Crippen LogP contribution is -2.27. The normalized spacial score (nSPS) is 16.2. The second-order valence-corrected chi connectivity index (χ2v) is 7.15. The summed E-state index contributed by atoms with van der Waals surface area (Å²) in [5.41, 5.74) is 3.87. The zero-order chi connectivity index (χ0) is 20.9. The van der Waals surface area contributed by atoms with Gasteiger partial charge in [-0.2, -0.15) is 5.10 Å². The number of aliphatic imine (C=N–C) groups is 1. The highest BCUT2D eigenvalue weighted by Gasteiger charge is 2.21. The van der Waals surface area contributed by atoms with Gasteiger partial charge in [0.1, 0.15) is 18.8 Å². The number of aromatic nitrogens is 6. The fourth-order valence-electron chi connectivity index (χ4n) is 3.63. The highest BCUT2D eigenvalue weighted by Crippen LogP contribution is 2.20. The molecular weight excluding hydrogens is 380 g/mol. The molecule has 0 amide bonds. The molecule has 1 unspecified atom stereocenters. The molecule has 0 aliphatic carbocycles. The van der Waals surface area contributed by atoms with Crippen LogP contribution in [0.2, 0.25) is 0 Å². The van der Waals surface area contributed by atoms with Crippen LogP contribution in [-0.2, 0) is 24.2 Å². The van der Waals surface area contributed by atoms with Gasteiger partial charge in [-0.15, -0.1) is 5.10 Å². The third kappa shape index (κ3) is 3.93. The Balaban J connectivity index is 1.70. The molecule has 0 radical (unpaired) electrons.